The van der Waals surface area contributed by atoms with E-state index >= 15 is 0 Å². The smallest absolute Gasteiger partial charge is 0.407 e. The van der Waals surface area contributed by atoms with Crippen molar-refractivity contribution in [2.75, 3.05) is 26.2 Å². The summed E-state index contributed by atoms with van der Waals surface area (Å²) in [6.45, 7) is 8.85. The highest BCUT2D eigenvalue weighted by Gasteiger charge is 2.50. The van der Waals surface area contributed by atoms with Gasteiger partial charge < -0.3 is 18.8 Å². The van der Waals surface area contributed by atoms with Gasteiger partial charge in [-0.05, 0) is 64.0 Å². The van der Waals surface area contributed by atoms with Gasteiger partial charge in [0.1, 0.15) is 5.65 Å². The maximum absolute atomic E-state index is 14.6. The van der Waals surface area contributed by atoms with Crippen LogP contribution >= 0.6 is 0 Å². The van der Waals surface area contributed by atoms with Gasteiger partial charge in [-0.15, -0.1) is 0 Å². The molecule has 9 rings (SSSR count). The standard InChI is InChI=1S/C47H46F3N5O4Si/c1-46(2,3)60(34-12-6-4-7-13-34,35-14-8-5-9-15-35)59-30-31-17-20-52(21-18-31)45(58)54-23-22-53-29-37(36-25-33(47(48,49)50)24-32(28-54)44(36)53)42-39(56)26-40(57)43(42)38-27-51-41-16-10-11-19-55(38)41/h4-16,19,24-25,27,29,31H,17-18,20-23,26,28,30H2,1-3H3. The number of fused-ring (bicyclic) bond motifs is 1. The third-order valence-electron chi connectivity index (χ3n) is 12.5. The molecule has 0 unspecified atom stereocenters. The van der Waals surface area contributed by atoms with E-state index in [2.05, 4.69) is 74.3 Å². The van der Waals surface area contributed by atoms with Crippen molar-refractivity contribution in [1.29, 1.82) is 0 Å². The van der Waals surface area contributed by atoms with Crippen LogP contribution in [-0.2, 0) is 33.3 Å². The van der Waals surface area contributed by atoms with Crippen LogP contribution in [0, 0.1) is 5.92 Å². The Labute approximate surface area is 347 Å². The summed E-state index contributed by atoms with van der Waals surface area (Å²) in [4.78, 5) is 49.2. The topological polar surface area (TPSA) is 89.2 Å². The molecule has 1 fully saturated rings. The van der Waals surface area contributed by atoms with Gasteiger partial charge in [0, 0.05) is 68.2 Å². The quantitative estimate of drug-likeness (QED) is 0.120. The van der Waals surface area contributed by atoms with E-state index in [1.54, 1.807) is 39.9 Å². The van der Waals surface area contributed by atoms with Crippen LogP contribution in [0.5, 0.6) is 0 Å². The predicted molar refractivity (Wildman–Crippen MR) is 227 cm³/mol. The number of pyridine rings is 1. The second-order valence-corrected chi connectivity index (χ2v) is 21.5. The molecule has 13 heteroatoms. The van der Waals surface area contributed by atoms with Crippen molar-refractivity contribution in [3.63, 3.8) is 0 Å². The number of ketones is 2. The Morgan fingerprint density at radius 2 is 1.47 bits per heavy atom. The molecular formula is C47H46F3N5O4Si. The van der Waals surface area contributed by atoms with Gasteiger partial charge in [-0.1, -0.05) is 87.5 Å². The number of likely N-dealkylation sites (tertiary alicyclic amines) is 1. The van der Waals surface area contributed by atoms with Gasteiger partial charge in [0.05, 0.1) is 35.0 Å². The Bertz CT molecular complexity index is 2630. The number of amides is 2. The molecule has 1 saturated heterocycles. The third kappa shape index (κ3) is 6.77. The molecule has 0 N–H and O–H groups in total. The number of urea groups is 1. The number of piperidine rings is 1. The molecule has 6 aromatic rings. The van der Waals surface area contributed by atoms with Crippen LogP contribution in [0.1, 0.15) is 62.4 Å². The Morgan fingerprint density at radius 3 is 2.12 bits per heavy atom. The molecule has 2 amide bonds. The third-order valence-corrected chi connectivity index (χ3v) is 17.5. The highest BCUT2D eigenvalue weighted by molar-refractivity contribution is 6.99. The summed E-state index contributed by atoms with van der Waals surface area (Å²) in [6.07, 6.45) is 1.34. The average Bonchev–Trinajstić information content (AvgIpc) is 3.86. The highest BCUT2D eigenvalue weighted by atomic mass is 28.4. The Hall–Kier alpha value is -5.79. The number of carbonyl (C=O) groups excluding carboxylic acids is 3. The first-order valence-corrected chi connectivity index (χ1v) is 22.4. The minimum atomic E-state index is -4.70. The first-order valence-electron chi connectivity index (χ1n) is 20.5. The first-order chi connectivity index (χ1) is 28.7. The largest absolute Gasteiger partial charge is 0.416 e. The molecule has 0 spiro atoms. The summed E-state index contributed by atoms with van der Waals surface area (Å²) in [7, 11) is -2.73. The summed E-state index contributed by atoms with van der Waals surface area (Å²) in [6, 6.07) is 28.3. The number of imidazole rings is 1. The first kappa shape index (κ1) is 39.7. The summed E-state index contributed by atoms with van der Waals surface area (Å²) in [5.74, 6) is -0.629. The number of benzene rings is 3. The minimum absolute atomic E-state index is 0.0361. The van der Waals surface area contributed by atoms with Gasteiger partial charge in [0.25, 0.3) is 8.32 Å². The van der Waals surface area contributed by atoms with E-state index in [4.69, 9.17) is 4.43 Å². The molecular weight excluding hydrogens is 784 g/mol. The fourth-order valence-corrected chi connectivity index (χ4v) is 14.3. The van der Waals surface area contributed by atoms with E-state index in [9.17, 15) is 27.6 Å². The minimum Gasteiger partial charge on any atom is -0.407 e. The molecule has 60 heavy (non-hydrogen) atoms. The number of rotatable bonds is 7. The van der Waals surface area contributed by atoms with Crippen molar-refractivity contribution in [2.24, 2.45) is 5.92 Å². The van der Waals surface area contributed by atoms with Crippen LogP contribution in [0.25, 0.3) is 27.7 Å². The van der Waals surface area contributed by atoms with Gasteiger partial charge in [0.15, 0.2) is 11.6 Å². The van der Waals surface area contributed by atoms with E-state index in [0.717, 1.165) is 25.0 Å². The average molecular weight is 830 g/mol. The normalized spacial score (nSPS) is 17.0. The lowest BCUT2D eigenvalue weighted by Gasteiger charge is -2.44. The highest BCUT2D eigenvalue weighted by Crippen LogP contribution is 2.43. The van der Waals surface area contributed by atoms with Crippen LogP contribution in [0.3, 0.4) is 0 Å². The maximum atomic E-state index is 14.6. The second-order valence-electron chi connectivity index (χ2n) is 17.2. The van der Waals surface area contributed by atoms with Crippen LogP contribution in [0.4, 0.5) is 18.0 Å². The second kappa shape index (κ2) is 15.0. The van der Waals surface area contributed by atoms with Gasteiger partial charge in [-0.3, -0.25) is 14.0 Å². The lowest BCUT2D eigenvalue weighted by atomic mass is 9.96. The molecule has 0 saturated carbocycles. The van der Waals surface area contributed by atoms with Crippen molar-refractivity contribution in [2.45, 2.75) is 64.3 Å². The molecule has 3 aromatic heterocycles. The molecule has 1 aliphatic carbocycles. The Balaban J connectivity index is 0.975. The van der Waals surface area contributed by atoms with Crippen molar-refractivity contribution < 1.29 is 32.0 Å². The van der Waals surface area contributed by atoms with E-state index in [-0.39, 0.29) is 58.6 Å². The summed E-state index contributed by atoms with van der Waals surface area (Å²) < 4.78 is 54.6. The number of halogens is 3. The molecule has 3 aromatic carbocycles. The number of carbonyl (C=O) groups is 3. The summed E-state index contributed by atoms with van der Waals surface area (Å²) >= 11 is 0. The van der Waals surface area contributed by atoms with Gasteiger partial charge in [0.2, 0.25) is 0 Å². The zero-order valence-electron chi connectivity index (χ0n) is 33.8. The van der Waals surface area contributed by atoms with Gasteiger partial charge >= 0.3 is 12.2 Å². The van der Waals surface area contributed by atoms with Gasteiger partial charge in [-0.25, -0.2) is 9.78 Å². The molecule has 3 aliphatic rings. The van der Waals surface area contributed by atoms with Crippen molar-refractivity contribution in [1.82, 2.24) is 23.8 Å². The van der Waals surface area contributed by atoms with Gasteiger partial charge in [-0.2, -0.15) is 13.2 Å². The van der Waals surface area contributed by atoms with Crippen molar-refractivity contribution in [3.05, 3.63) is 132 Å². The molecule has 5 heterocycles. The Morgan fingerprint density at radius 1 is 0.817 bits per heavy atom. The molecule has 2 aliphatic heterocycles. The number of nitrogens with zero attached hydrogens (tertiary/aromatic N) is 5. The van der Waals surface area contributed by atoms with Crippen LogP contribution < -0.4 is 10.4 Å². The SMILES string of the molecule is CC(C)(C)[Si](OCC1CCN(C(=O)N2CCn3cc(C4=C(c5cnc6ccccn56)C(=O)CC4=O)c4cc(C(F)(F)F)cc(c43)C2)CC1)(c1ccccc1)c1ccccc1. The van der Waals surface area contributed by atoms with E-state index in [1.807, 2.05) is 21.6 Å². The number of alkyl halides is 3. The number of allylic oxidation sites excluding steroid dienone is 2. The number of aromatic nitrogens is 3. The fraction of sp³-hybridized carbons (Fsp3) is 0.319. The van der Waals surface area contributed by atoms with E-state index in [1.165, 1.54) is 16.6 Å². The number of Topliss-reactive ketones (excluding diaryl/α,β-unsaturated/α-hetero) is 2. The number of hydrogen-bond donors (Lipinski definition) is 0. The summed E-state index contributed by atoms with van der Waals surface area (Å²) in [5, 5.41) is 2.49. The van der Waals surface area contributed by atoms with Crippen LogP contribution in [0.15, 0.2) is 110 Å². The molecule has 0 atom stereocenters. The van der Waals surface area contributed by atoms with Crippen LogP contribution in [0.2, 0.25) is 5.04 Å². The van der Waals surface area contributed by atoms with Crippen LogP contribution in [-0.4, -0.2) is 75.9 Å². The molecule has 0 radical (unpaired) electrons. The van der Waals surface area contributed by atoms with E-state index < -0.39 is 31.6 Å². The number of hydrogen-bond acceptors (Lipinski definition) is 5. The maximum Gasteiger partial charge on any atom is 0.416 e. The molecule has 9 nitrogen and oxygen atoms in total. The zero-order valence-corrected chi connectivity index (χ0v) is 34.8. The van der Waals surface area contributed by atoms with E-state index in [0.29, 0.717) is 48.7 Å². The Kier molecular flexibility index (Phi) is 9.94. The zero-order chi connectivity index (χ0) is 42.0. The monoisotopic (exact) mass is 829 g/mol. The lowest BCUT2D eigenvalue weighted by Crippen LogP contribution is -2.67. The molecule has 0 bridgehead atoms. The van der Waals surface area contributed by atoms with Crippen molar-refractivity contribution >= 4 is 64.0 Å². The fourth-order valence-electron chi connectivity index (χ4n) is 9.64. The lowest BCUT2D eigenvalue weighted by molar-refractivity contribution is -0.137. The van der Waals surface area contributed by atoms with Crippen molar-refractivity contribution in [3.8, 4) is 0 Å². The summed E-state index contributed by atoms with van der Waals surface area (Å²) in [5.41, 5.74) is 1.46. The molecule has 308 valence electrons. The predicted octanol–water partition coefficient (Wildman–Crippen LogP) is 7.98.